The number of carbonyl (C=O) groups is 3. The molecule has 7 nitrogen and oxygen atoms in total. The van der Waals surface area contributed by atoms with Crippen LogP contribution in [0.25, 0.3) is 0 Å². The highest BCUT2D eigenvalue weighted by Gasteiger charge is 2.14. The molecule has 3 rings (SSSR count). The molecule has 3 aromatic carbocycles. The molecule has 0 saturated carbocycles. The van der Waals surface area contributed by atoms with Crippen LogP contribution in [0.5, 0.6) is 0 Å². The fourth-order valence-electron chi connectivity index (χ4n) is 4.20. The maximum atomic E-state index is 12.4. The number of hydrogen-bond donors (Lipinski definition) is 3. The second-order valence-corrected chi connectivity index (χ2v) is 9.76. The lowest BCUT2D eigenvalue weighted by molar-refractivity contribution is -0.121. The SMILES string of the molecule is NCCCC[C@H](N)C(=O)Nc1ccc(C(=O)OCC(=O)Cc2ccc(CCCCc3ccccc3)cc2)cc1. The van der Waals surface area contributed by atoms with Crippen molar-refractivity contribution in [2.45, 2.75) is 57.4 Å². The van der Waals surface area contributed by atoms with Crippen LogP contribution < -0.4 is 16.8 Å². The number of ether oxygens (including phenoxy) is 1. The van der Waals surface area contributed by atoms with Gasteiger partial charge in [-0.3, -0.25) is 9.59 Å². The molecule has 3 aromatic rings. The fraction of sp³-hybridized carbons (Fsp3) is 0.344. The number of rotatable bonds is 16. The molecule has 0 spiro atoms. The van der Waals surface area contributed by atoms with Crippen molar-refractivity contribution in [3.8, 4) is 0 Å². The first kappa shape index (κ1) is 29.7. The van der Waals surface area contributed by atoms with Crippen molar-refractivity contribution in [1.29, 1.82) is 0 Å². The van der Waals surface area contributed by atoms with E-state index < -0.39 is 12.0 Å². The number of aryl methyl sites for hydroxylation is 2. The molecule has 0 saturated heterocycles. The molecule has 5 N–H and O–H groups in total. The van der Waals surface area contributed by atoms with Crippen LogP contribution in [0, 0.1) is 0 Å². The number of unbranched alkanes of at least 4 members (excludes halogenated alkanes) is 2. The van der Waals surface area contributed by atoms with Gasteiger partial charge in [0.25, 0.3) is 0 Å². The molecule has 0 radical (unpaired) electrons. The Kier molecular flexibility index (Phi) is 12.4. The zero-order valence-corrected chi connectivity index (χ0v) is 22.4. The van der Waals surface area contributed by atoms with E-state index in [1.54, 1.807) is 24.3 Å². The predicted molar refractivity (Wildman–Crippen MR) is 154 cm³/mol. The highest BCUT2D eigenvalue weighted by atomic mass is 16.5. The Morgan fingerprint density at radius 3 is 2.00 bits per heavy atom. The lowest BCUT2D eigenvalue weighted by Gasteiger charge is -2.12. The molecule has 0 bridgehead atoms. The Morgan fingerprint density at radius 2 is 1.36 bits per heavy atom. The van der Waals surface area contributed by atoms with E-state index >= 15 is 0 Å². The number of amides is 1. The molecular weight excluding hydrogens is 490 g/mol. The van der Waals surface area contributed by atoms with Gasteiger partial charge in [0.2, 0.25) is 5.91 Å². The molecular formula is C32H39N3O4. The van der Waals surface area contributed by atoms with Crippen molar-refractivity contribution < 1.29 is 19.1 Å². The zero-order valence-electron chi connectivity index (χ0n) is 22.4. The summed E-state index contributed by atoms with van der Waals surface area (Å²) in [6.45, 7) is 0.275. The van der Waals surface area contributed by atoms with Gasteiger partial charge >= 0.3 is 5.97 Å². The van der Waals surface area contributed by atoms with Gasteiger partial charge in [-0.1, -0.05) is 61.0 Å². The quantitative estimate of drug-likeness (QED) is 0.184. The van der Waals surface area contributed by atoms with Crippen molar-refractivity contribution >= 4 is 23.3 Å². The second-order valence-electron chi connectivity index (χ2n) is 9.76. The number of benzene rings is 3. The van der Waals surface area contributed by atoms with Crippen LogP contribution in [-0.4, -0.2) is 36.9 Å². The molecule has 0 aromatic heterocycles. The smallest absolute Gasteiger partial charge is 0.338 e. The van der Waals surface area contributed by atoms with E-state index in [0.717, 1.165) is 44.1 Å². The van der Waals surface area contributed by atoms with E-state index in [1.165, 1.54) is 11.1 Å². The van der Waals surface area contributed by atoms with Crippen LogP contribution in [0.4, 0.5) is 5.69 Å². The van der Waals surface area contributed by atoms with Crippen molar-refractivity contribution in [3.63, 3.8) is 0 Å². The zero-order chi connectivity index (χ0) is 27.9. The Labute approximate surface area is 230 Å². The average Bonchev–Trinajstić information content (AvgIpc) is 2.96. The summed E-state index contributed by atoms with van der Waals surface area (Å²) in [4.78, 5) is 36.9. The number of ketones is 1. The monoisotopic (exact) mass is 529 g/mol. The minimum absolute atomic E-state index is 0.175. The summed E-state index contributed by atoms with van der Waals surface area (Å²) >= 11 is 0. The molecule has 1 amide bonds. The van der Waals surface area contributed by atoms with Crippen LogP contribution >= 0.6 is 0 Å². The molecule has 0 aliphatic rings. The number of nitrogens with one attached hydrogen (secondary N) is 1. The van der Waals surface area contributed by atoms with E-state index in [9.17, 15) is 14.4 Å². The van der Waals surface area contributed by atoms with Crippen LogP contribution in [0.1, 0.15) is 59.2 Å². The summed E-state index contributed by atoms with van der Waals surface area (Å²) in [6, 6.07) is 24.2. The molecule has 0 heterocycles. The highest BCUT2D eigenvalue weighted by Crippen LogP contribution is 2.13. The second kappa shape index (κ2) is 16.2. The van der Waals surface area contributed by atoms with Gasteiger partial charge in [-0.2, -0.15) is 0 Å². The standard InChI is InChI=1S/C32H39N3O4/c33-21-7-6-12-30(34)31(37)35-28-19-17-27(18-20-28)32(38)39-23-29(36)22-26-15-13-25(14-16-26)11-5-4-10-24-8-2-1-3-9-24/h1-3,8-9,13-20,30H,4-7,10-12,21-23,33-34H2,(H,35,37)/t30-/m0/s1. The van der Waals surface area contributed by atoms with Crippen LogP contribution in [-0.2, 0) is 33.6 Å². The van der Waals surface area contributed by atoms with Gasteiger partial charge in [-0.15, -0.1) is 0 Å². The van der Waals surface area contributed by atoms with Crippen LogP contribution in [0.2, 0.25) is 0 Å². The minimum Gasteiger partial charge on any atom is -0.454 e. The lowest BCUT2D eigenvalue weighted by atomic mass is 10.0. The fourth-order valence-corrected chi connectivity index (χ4v) is 4.20. The predicted octanol–water partition coefficient (Wildman–Crippen LogP) is 4.62. The largest absolute Gasteiger partial charge is 0.454 e. The van der Waals surface area contributed by atoms with E-state index in [0.29, 0.717) is 24.2 Å². The molecule has 206 valence electrons. The van der Waals surface area contributed by atoms with E-state index in [2.05, 4.69) is 41.7 Å². The molecule has 0 aliphatic heterocycles. The van der Waals surface area contributed by atoms with E-state index in [-0.39, 0.29) is 24.7 Å². The Balaban J connectivity index is 1.35. The number of nitrogens with two attached hydrogens (primary N) is 2. The van der Waals surface area contributed by atoms with Gasteiger partial charge in [-0.05, 0) is 86.0 Å². The normalized spacial score (nSPS) is 11.5. The van der Waals surface area contributed by atoms with Gasteiger partial charge in [0.1, 0.15) is 0 Å². The average molecular weight is 530 g/mol. The first-order chi connectivity index (χ1) is 18.9. The number of Topliss-reactive ketones (excluding diaryl/α,β-unsaturated/α-hetero) is 1. The summed E-state index contributed by atoms with van der Waals surface area (Å²) < 4.78 is 5.20. The number of anilines is 1. The molecule has 0 fully saturated rings. The van der Waals surface area contributed by atoms with Gasteiger partial charge < -0.3 is 21.5 Å². The van der Waals surface area contributed by atoms with Crippen molar-refractivity contribution in [2.75, 3.05) is 18.5 Å². The maximum absolute atomic E-state index is 12.4. The summed E-state index contributed by atoms with van der Waals surface area (Å²) in [7, 11) is 0. The van der Waals surface area contributed by atoms with Gasteiger partial charge in [0.05, 0.1) is 11.6 Å². The topological polar surface area (TPSA) is 125 Å². The van der Waals surface area contributed by atoms with Gasteiger partial charge in [0, 0.05) is 12.1 Å². The van der Waals surface area contributed by atoms with Gasteiger partial charge in [-0.25, -0.2) is 4.79 Å². The summed E-state index contributed by atoms with van der Waals surface area (Å²) in [5.74, 6) is -1.05. The molecule has 39 heavy (non-hydrogen) atoms. The Hall–Kier alpha value is -3.81. The highest BCUT2D eigenvalue weighted by molar-refractivity contribution is 5.96. The minimum atomic E-state index is -0.617. The van der Waals surface area contributed by atoms with E-state index in [4.69, 9.17) is 16.2 Å². The molecule has 7 heteroatoms. The summed E-state index contributed by atoms with van der Waals surface area (Å²) in [6.07, 6.45) is 6.70. The summed E-state index contributed by atoms with van der Waals surface area (Å²) in [5.41, 5.74) is 15.7. The third-order valence-electron chi connectivity index (χ3n) is 6.51. The first-order valence-electron chi connectivity index (χ1n) is 13.6. The molecule has 0 unspecified atom stereocenters. The number of hydrogen-bond acceptors (Lipinski definition) is 6. The van der Waals surface area contributed by atoms with Gasteiger partial charge in [0.15, 0.2) is 12.4 Å². The van der Waals surface area contributed by atoms with Crippen LogP contribution in [0.3, 0.4) is 0 Å². The third-order valence-corrected chi connectivity index (χ3v) is 6.51. The lowest BCUT2D eigenvalue weighted by Crippen LogP contribution is -2.35. The van der Waals surface area contributed by atoms with Crippen LogP contribution in [0.15, 0.2) is 78.9 Å². The third kappa shape index (κ3) is 10.8. The Morgan fingerprint density at radius 1 is 0.744 bits per heavy atom. The van der Waals surface area contributed by atoms with Crippen molar-refractivity contribution in [3.05, 3.63) is 101 Å². The summed E-state index contributed by atoms with van der Waals surface area (Å²) in [5, 5.41) is 2.74. The Bertz CT molecular complexity index is 1180. The maximum Gasteiger partial charge on any atom is 0.338 e. The van der Waals surface area contributed by atoms with Crippen molar-refractivity contribution in [1.82, 2.24) is 0 Å². The molecule has 1 atom stereocenters. The van der Waals surface area contributed by atoms with Crippen molar-refractivity contribution in [2.24, 2.45) is 11.5 Å². The first-order valence-corrected chi connectivity index (χ1v) is 13.6. The molecule has 0 aliphatic carbocycles. The number of esters is 1. The number of carbonyl (C=O) groups excluding carboxylic acids is 3. The van der Waals surface area contributed by atoms with E-state index in [1.807, 2.05) is 18.2 Å².